The van der Waals surface area contributed by atoms with Gasteiger partial charge in [-0.1, -0.05) is 0 Å². The van der Waals surface area contributed by atoms with Crippen molar-refractivity contribution >= 4 is 5.91 Å². The second-order valence-corrected chi connectivity index (χ2v) is 7.81. The summed E-state index contributed by atoms with van der Waals surface area (Å²) in [6, 6.07) is 1.87. The molecule has 3 rings (SSSR count). The Kier molecular flexibility index (Phi) is 3.81. The highest BCUT2D eigenvalue weighted by molar-refractivity contribution is 5.94. The van der Waals surface area contributed by atoms with Crippen LogP contribution in [0.5, 0.6) is 0 Å². The van der Waals surface area contributed by atoms with Crippen molar-refractivity contribution in [1.29, 1.82) is 0 Å². The van der Waals surface area contributed by atoms with Crippen molar-refractivity contribution in [3.63, 3.8) is 0 Å². The minimum Gasteiger partial charge on any atom is -0.390 e. The van der Waals surface area contributed by atoms with E-state index in [4.69, 9.17) is 0 Å². The zero-order valence-electron chi connectivity index (χ0n) is 13.6. The number of hydrogen-bond donors (Lipinski definition) is 2. The van der Waals surface area contributed by atoms with Gasteiger partial charge < -0.3 is 19.7 Å². The minimum absolute atomic E-state index is 0.0360. The molecule has 0 radical (unpaired) electrons. The molecule has 0 unspecified atom stereocenters. The van der Waals surface area contributed by atoms with E-state index in [9.17, 15) is 15.0 Å². The van der Waals surface area contributed by atoms with E-state index in [0.717, 1.165) is 5.56 Å². The zero-order chi connectivity index (χ0) is 16.1. The lowest BCUT2D eigenvalue weighted by Gasteiger charge is -2.31. The maximum atomic E-state index is 12.7. The van der Waals surface area contributed by atoms with Crippen molar-refractivity contribution in [2.24, 2.45) is 11.8 Å². The molecule has 1 aliphatic heterocycles. The number of carbonyl (C=O) groups excluding carboxylic acids is 1. The lowest BCUT2D eigenvalue weighted by molar-refractivity contribution is -0.0372. The van der Waals surface area contributed by atoms with Crippen LogP contribution in [0, 0.1) is 11.8 Å². The van der Waals surface area contributed by atoms with Crippen LogP contribution in [-0.4, -0.2) is 50.9 Å². The number of carbonyl (C=O) groups is 1. The maximum Gasteiger partial charge on any atom is 0.255 e. The van der Waals surface area contributed by atoms with Crippen LogP contribution in [-0.2, 0) is 5.54 Å². The summed E-state index contributed by atoms with van der Waals surface area (Å²) in [6.45, 7) is 7.69. The van der Waals surface area contributed by atoms with Crippen molar-refractivity contribution in [3.05, 3.63) is 24.0 Å². The van der Waals surface area contributed by atoms with Crippen molar-refractivity contribution in [3.8, 4) is 0 Å². The molecule has 4 atom stereocenters. The fraction of sp³-hybridized carbons (Fsp3) is 0.706. The Morgan fingerprint density at radius 3 is 2.14 bits per heavy atom. The zero-order valence-corrected chi connectivity index (χ0v) is 13.6. The number of fused-ring (bicyclic) bond motifs is 1. The normalized spacial score (nSPS) is 32.1. The predicted molar refractivity (Wildman–Crippen MR) is 83.6 cm³/mol. The first kappa shape index (κ1) is 15.6. The molecule has 1 amide bonds. The highest BCUT2D eigenvalue weighted by Gasteiger charge is 2.42. The standard InChI is InChI=1S/C17H26N2O3/c1-17(2,3)19-5-4-11(10-19)16(22)18-8-12-6-14(20)15(21)7-13(12)9-18/h4-5,10,12-15,20-21H,6-9H2,1-3H3/t12-,13+,14-,15-/m0/s1. The lowest BCUT2D eigenvalue weighted by atomic mass is 9.79. The van der Waals surface area contributed by atoms with Gasteiger partial charge >= 0.3 is 0 Å². The molecular formula is C17H26N2O3. The second kappa shape index (κ2) is 5.39. The Morgan fingerprint density at radius 1 is 1.14 bits per heavy atom. The third-order valence-electron chi connectivity index (χ3n) is 5.11. The summed E-state index contributed by atoms with van der Waals surface area (Å²) in [6.07, 6.45) is 3.77. The van der Waals surface area contributed by atoms with Crippen molar-refractivity contribution in [1.82, 2.24) is 9.47 Å². The molecule has 1 saturated heterocycles. The highest BCUT2D eigenvalue weighted by Crippen LogP contribution is 2.37. The van der Waals surface area contributed by atoms with Gasteiger partial charge in [0.05, 0.1) is 17.8 Å². The van der Waals surface area contributed by atoms with E-state index >= 15 is 0 Å². The molecule has 1 aromatic heterocycles. The summed E-state index contributed by atoms with van der Waals surface area (Å²) in [5.41, 5.74) is 0.681. The van der Waals surface area contributed by atoms with E-state index in [-0.39, 0.29) is 11.4 Å². The number of amides is 1. The molecular weight excluding hydrogens is 280 g/mol. The Labute approximate surface area is 131 Å². The first-order valence-electron chi connectivity index (χ1n) is 8.09. The summed E-state index contributed by atoms with van der Waals surface area (Å²) < 4.78 is 2.05. The third-order valence-corrected chi connectivity index (χ3v) is 5.11. The molecule has 5 heteroatoms. The average molecular weight is 306 g/mol. The number of nitrogens with zero attached hydrogens (tertiary/aromatic N) is 2. The number of aromatic nitrogens is 1. The Hall–Kier alpha value is -1.33. The SMILES string of the molecule is CC(C)(C)n1ccc(C(=O)N2C[C@H]3C[C@H](O)[C@@H](O)C[C@H]3C2)c1. The van der Waals surface area contributed by atoms with E-state index in [0.29, 0.717) is 37.8 Å². The Balaban J connectivity index is 1.70. The van der Waals surface area contributed by atoms with Gasteiger partial charge in [-0.25, -0.2) is 0 Å². The molecule has 0 bridgehead atoms. The van der Waals surface area contributed by atoms with Gasteiger partial charge in [0.1, 0.15) is 0 Å². The number of aliphatic hydroxyl groups is 2. The van der Waals surface area contributed by atoms with E-state index in [2.05, 4.69) is 25.3 Å². The van der Waals surface area contributed by atoms with Crippen molar-refractivity contribution in [2.45, 2.75) is 51.4 Å². The van der Waals surface area contributed by atoms with E-state index in [1.807, 2.05) is 23.4 Å². The second-order valence-electron chi connectivity index (χ2n) is 7.81. The largest absolute Gasteiger partial charge is 0.390 e. The molecule has 1 aromatic rings. The van der Waals surface area contributed by atoms with Crippen LogP contribution in [0.15, 0.2) is 18.5 Å². The Morgan fingerprint density at radius 2 is 1.68 bits per heavy atom. The fourth-order valence-corrected chi connectivity index (χ4v) is 3.70. The molecule has 2 N–H and O–H groups in total. The van der Waals surface area contributed by atoms with Gasteiger partial charge in [-0.3, -0.25) is 4.79 Å². The Bertz CT molecular complexity index is 542. The maximum absolute atomic E-state index is 12.7. The number of likely N-dealkylation sites (tertiary alicyclic amines) is 1. The van der Waals surface area contributed by atoms with E-state index < -0.39 is 12.2 Å². The van der Waals surface area contributed by atoms with Crippen molar-refractivity contribution < 1.29 is 15.0 Å². The molecule has 5 nitrogen and oxygen atoms in total. The molecule has 22 heavy (non-hydrogen) atoms. The quantitative estimate of drug-likeness (QED) is 0.825. The summed E-state index contributed by atoms with van der Waals surface area (Å²) in [5.74, 6) is 0.681. The molecule has 1 saturated carbocycles. The van der Waals surface area contributed by atoms with Crippen LogP contribution < -0.4 is 0 Å². The number of rotatable bonds is 1. The first-order valence-corrected chi connectivity index (χ1v) is 8.09. The lowest BCUT2D eigenvalue weighted by Crippen LogP contribution is -2.38. The monoisotopic (exact) mass is 306 g/mol. The molecule has 0 spiro atoms. The minimum atomic E-state index is -0.640. The van der Waals surface area contributed by atoms with Crippen LogP contribution in [0.4, 0.5) is 0 Å². The number of aliphatic hydroxyl groups excluding tert-OH is 2. The predicted octanol–water partition coefficient (Wildman–Crippen LogP) is 1.45. The smallest absolute Gasteiger partial charge is 0.255 e. The summed E-state index contributed by atoms with van der Waals surface area (Å²) in [4.78, 5) is 14.6. The van der Waals surface area contributed by atoms with Crippen LogP contribution >= 0.6 is 0 Å². The van der Waals surface area contributed by atoms with E-state index in [1.54, 1.807) is 0 Å². The highest BCUT2D eigenvalue weighted by atomic mass is 16.3. The van der Waals surface area contributed by atoms with Gasteiger partial charge in [-0.15, -0.1) is 0 Å². The van der Waals surface area contributed by atoms with Gasteiger partial charge in [0.15, 0.2) is 0 Å². The van der Waals surface area contributed by atoms with E-state index in [1.165, 1.54) is 0 Å². The summed E-state index contributed by atoms with van der Waals surface area (Å²) in [5, 5.41) is 19.6. The third kappa shape index (κ3) is 2.79. The topological polar surface area (TPSA) is 65.7 Å². The van der Waals surface area contributed by atoms with Gasteiger partial charge in [-0.05, 0) is 51.5 Å². The average Bonchev–Trinajstić information content (AvgIpc) is 3.04. The molecule has 2 heterocycles. The van der Waals surface area contributed by atoms with Crippen molar-refractivity contribution in [2.75, 3.05) is 13.1 Å². The molecule has 0 aromatic carbocycles. The van der Waals surface area contributed by atoms with Gasteiger partial charge in [-0.2, -0.15) is 0 Å². The van der Waals surface area contributed by atoms with Crippen LogP contribution in [0.2, 0.25) is 0 Å². The van der Waals surface area contributed by atoms with Gasteiger partial charge in [0.25, 0.3) is 5.91 Å². The van der Waals surface area contributed by atoms with Gasteiger partial charge in [0.2, 0.25) is 0 Å². The summed E-state index contributed by atoms with van der Waals surface area (Å²) >= 11 is 0. The summed E-state index contributed by atoms with van der Waals surface area (Å²) in [7, 11) is 0. The molecule has 2 fully saturated rings. The van der Waals surface area contributed by atoms with Crippen LogP contribution in [0.3, 0.4) is 0 Å². The molecule has 2 aliphatic rings. The fourth-order valence-electron chi connectivity index (χ4n) is 3.70. The molecule has 122 valence electrons. The van der Waals surface area contributed by atoms with Crippen LogP contribution in [0.1, 0.15) is 44.0 Å². The van der Waals surface area contributed by atoms with Crippen LogP contribution in [0.25, 0.3) is 0 Å². The first-order chi connectivity index (χ1) is 10.3. The van der Waals surface area contributed by atoms with Gasteiger partial charge in [0, 0.05) is 31.0 Å². The number of hydrogen-bond acceptors (Lipinski definition) is 3. The molecule has 1 aliphatic carbocycles.